The van der Waals surface area contributed by atoms with Gasteiger partial charge < -0.3 is 16.0 Å². The van der Waals surface area contributed by atoms with Crippen molar-refractivity contribution in [3.63, 3.8) is 0 Å². The molecule has 0 bridgehead atoms. The van der Waals surface area contributed by atoms with E-state index in [9.17, 15) is 14.0 Å². The fraction of sp³-hybridized carbons (Fsp3) is 0.300. The number of nitrogens with one attached hydrogen (secondary N) is 3. The van der Waals surface area contributed by atoms with E-state index in [0.717, 1.165) is 25.7 Å². The Bertz CT molecular complexity index is 749. The molecule has 0 aromatic heterocycles. The third-order valence-corrected chi connectivity index (χ3v) is 3.78. The fourth-order valence-electron chi connectivity index (χ4n) is 2.44. The van der Waals surface area contributed by atoms with Gasteiger partial charge in [-0.1, -0.05) is 38.3 Å². The van der Waals surface area contributed by atoms with Crippen LogP contribution in [0.1, 0.15) is 43.0 Å². The second-order valence-electron chi connectivity index (χ2n) is 5.99. The smallest absolute Gasteiger partial charge is 0.319 e. The topological polar surface area (TPSA) is 70.2 Å². The number of unbranched alkanes of at least 4 members (excludes halogenated alkanes) is 3. The highest BCUT2D eigenvalue weighted by Crippen LogP contribution is 2.14. The maximum atomic E-state index is 13.2. The molecular weight excluding hydrogens is 333 g/mol. The quantitative estimate of drug-likeness (QED) is 0.595. The summed E-state index contributed by atoms with van der Waals surface area (Å²) >= 11 is 0. The highest BCUT2D eigenvalue weighted by molar-refractivity contribution is 6.05. The molecule has 0 saturated carbocycles. The molecule has 0 atom stereocenters. The average Bonchev–Trinajstić information content (AvgIpc) is 2.62. The molecule has 0 saturated heterocycles. The number of carbonyl (C=O) groups excluding carboxylic acids is 2. The number of anilines is 2. The maximum absolute atomic E-state index is 13.2. The molecule has 26 heavy (non-hydrogen) atoms. The fourth-order valence-corrected chi connectivity index (χ4v) is 2.44. The summed E-state index contributed by atoms with van der Waals surface area (Å²) in [6.45, 7) is 2.75. The minimum atomic E-state index is -0.422. The molecule has 3 N–H and O–H groups in total. The third kappa shape index (κ3) is 6.55. The lowest BCUT2D eigenvalue weighted by atomic mass is 10.2. The van der Waals surface area contributed by atoms with Crippen LogP contribution in [0.4, 0.5) is 20.6 Å². The summed E-state index contributed by atoms with van der Waals surface area (Å²) in [6.07, 6.45) is 4.34. The number of amides is 3. The number of benzene rings is 2. The van der Waals surface area contributed by atoms with Gasteiger partial charge in [0.2, 0.25) is 0 Å². The van der Waals surface area contributed by atoms with Crippen molar-refractivity contribution in [1.82, 2.24) is 5.32 Å². The van der Waals surface area contributed by atoms with Gasteiger partial charge in [0.25, 0.3) is 5.91 Å². The zero-order valence-corrected chi connectivity index (χ0v) is 14.8. The average molecular weight is 357 g/mol. The minimum Gasteiger partial charge on any atom is -0.338 e. The molecule has 2 aromatic carbocycles. The van der Waals surface area contributed by atoms with Crippen LogP contribution < -0.4 is 16.0 Å². The normalized spacial score (nSPS) is 10.2. The Morgan fingerprint density at radius 1 is 0.923 bits per heavy atom. The van der Waals surface area contributed by atoms with Crippen molar-refractivity contribution in [2.24, 2.45) is 0 Å². The Morgan fingerprint density at radius 2 is 1.65 bits per heavy atom. The first-order valence-electron chi connectivity index (χ1n) is 8.80. The van der Waals surface area contributed by atoms with Gasteiger partial charge >= 0.3 is 6.03 Å². The Balaban J connectivity index is 1.88. The number of urea groups is 1. The molecule has 0 aliphatic carbocycles. The lowest BCUT2D eigenvalue weighted by Gasteiger charge is -2.09. The van der Waals surface area contributed by atoms with E-state index in [1.165, 1.54) is 18.2 Å². The minimum absolute atomic E-state index is 0.302. The van der Waals surface area contributed by atoms with Gasteiger partial charge in [-0.05, 0) is 42.8 Å². The van der Waals surface area contributed by atoms with Gasteiger partial charge in [-0.25, -0.2) is 9.18 Å². The van der Waals surface area contributed by atoms with E-state index >= 15 is 0 Å². The lowest BCUT2D eigenvalue weighted by molar-refractivity contribution is 0.102. The summed E-state index contributed by atoms with van der Waals surface area (Å²) < 4.78 is 13.2. The van der Waals surface area contributed by atoms with E-state index in [-0.39, 0.29) is 11.9 Å². The van der Waals surface area contributed by atoms with Crippen LogP contribution in [-0.4, -0.2) is 18.5 Å². The summed E-state index contributed by atoms with van der Waals surface area (Å²) in [7, 11) is 0. The van der Waals surface area contributed by atoms with E-state index < -0.39 is 5.82 Å². The number of hydrogen-bond acceptors (Lipinski definition) is 2. The highest BCUT2D eigenvalue weighted by Gasteiger charge is 2.08. The van der Waals surface area contributed by atoms with Gasteiger partial charge in [0, 0.05) is 23.5 Å². The second kappa shape index (κ2) is 10.2. The van der Waals surface area contributed by atoms with E-state index in [2.05, 4.69) is 22.9 Å². The van der Waals surface area contributed by atoms with Gasteiger partial charge in [0.1, 0.15) is 5.82 Å². The lowest BCUT2D eigenvalue weighted by Crippen LogP contribution is -2.29. The highest BCUT2D eigenvalue weighted by atomic mass is 19.1. The number of hydrogen-bond donors (Lipinski definition) is 3. The van der Waals surface area contributed by atoms with Crippen molar-refractivity contribution < 1.29 is 14.0 Å². The summed E-state index contributed by atoms with van der Waals surface area (Å²) in [6, 6.07) is 12.0. The van der Waals surface area contributed by atoms with Crippen molar-refractivity contribution in [2.45, 2.75) is 32.6 Å². The maximum Gasteiger partial charge on any atom is 0.319 e. The summed E-state index contributed by atoms with van der Waals surface area (Å²) in [5.41, 5.74) is 1.26. The van der Waals surface area contributed by atoms with Crippen molar-refractivity contribution in [3.8, 4) is 0 Å². The van der Waals surface area contributed by atoms with Crippen LogP contribution in [0.2, 0.25) is 0 Å². The Kier molecular flexibility index (Phi) is 7.61. The van der Waals surface area contributed by atoms with Gasteiger partial charge in [0.05, 0.1) is 0 Å². The molecule has 0 unspecified atom stereocenters. The van der Waals surface area contributed by atoms with Crippen molar-refractivity contribution in [1.29, 1.82) is 0 Å². The second-order valence-corrected chi connectivity index (χ2v) is 5.99. The monoisotopic (exact) mass is 357 g/mol. The van der Waals surface area contributed by atoms with Crippen LogP contribution >= 0.6 is 0 Å². The Labute approximate surface area is 153 Å². The molecule has 2 rings (SSSR count). The van der Waals surface area contributed by atoms with Crippen molar-refractivity contribution >= 4 is 23.3 Å². The first-order valence-corrected chi connectivity index (χ1v) is 8.80. The Hall–Kier alpha value is -2.89. The van der Waals surface area contributed by atoms with E-state index in [4.69, 9.17) is 0 Å². The van der Waals surface area contributed by atoms with E-state index in [0.29, 0.717) is 23.5 Å². The van der Waals surface area contributed by atoms with Crippen LogP contribution in [0.3, 0.4) is 0 Å². The van der Waals surface area contributed by atoms with Crippen LogP contribution in [0.25, 0.3) is 0 Å². The third-order valence-electron chi connectivity index (χ3n) is 3.78. The molecule has 3 amide bonds. The van der Waals surface area contributed by atoms with E-state index in [1.54, 1.807) is 30.3 Å². The van der Waals surface area contributed by atoms with Gasteiger partial charge in [-0.3, -0.25) is 4.79 Å². The summed E-state index contributed by atoms with van der Waals surface area (Å²) in [4.78, 5) is 24.2. The molecule has 0 radical (unpaired) electrons. The van der Waals surface area contributed by atoms with Crippen LogP contribution in [-0.2, 0) is 0 Å². The zero-order chi connectivity index (χ0) is 18.8. The molecule has 0 heterocycles. The molecule has 6 heteroatoms. The summed E-state index contributed by atoms with van der Waals surface area (Å²) in [5, 5.41) is 8.13. The molecular formula is C20H24FN3O2. The Morgan fingerprint density at radius 3 is 2.38 bits per heavy atom. The van der Waals surface area contributed by atoms with Crippen molar-refractivity contribution in [2.75, 3.05) is 17.2 Å². The SMILES string of the molecule is CCCCCCNC(=O)Nc1cccc(C(=O)Nc2cccc(F)c2)c1. The van der Waals surface area contributed by atoms with Crippen LogP contribution in [0.5, 0.6) is 0 Å². The van der Waals surface area contributed by atoms with E-state index in [1.807, 2.05) is 0 Å². The standard InChI is InChI=1S/C20H24FN3O2/c1-2-3-4-5-12-22-20(26)24-17-10-6-8-15(13-17)19(25)23-18-11-7-9-16(21)14-18/h6-11,13-14H,2-5,12H2,1H3,(H,23,25)(H2,22,24,26). The predicted octanol–water partition coefficient (Wildman–Crippen LogP) is 4.78. The predicted molar refractivity (Wildman–Crippen MR) is 102 cm³/mol. The molecule has 5 nitrogen and oxygen atoms in total. The summed E-state index contributed by atoms with van der Waals surface area (Å²) in [5.74, 6) is -0.798. The van der Waals surface area contributed by atoms with Gasteiger partial charge in [-0.2, -0.15) is 0 Å². The first-order chi connectivity index (χ1) is 12.6. The number of halogens is 1. The molecule has 0 aliphatic heterocycles. The van der Waals surface area contributed by atoms with Gasteiger partial charge in [-0.15, -0.1) is 0 Å². The van der Waals surface area contributed by atoms with Crippen molar-refractivity contribution in [3.05, 3.63) is 59.9 Å². The molecule has 0 spiro atoms. The molecule has 0 aliphatic rings. The number of carbonyl (C=O) groups is 2. The first kappa shape index (κ1) is 19.4. The zero-order valence-electron chi connectivity index (χ0n) is 14.8. The molecule has 138 valence electrons. The number of rotatable bonds is 8. The van der Waals surface area contributed by atoms with Crippen LogP contribution in [0, 0.1) is 5.82 Å². The van der Waals surface area contributed by atoms with Crippen LogP contribution in [0.15, 0.2) is 48.5 Å². The molecule has 2 aromatic rings. The largest absolute Gasteiger partial charge is 0.338 e. The van der Waals surface area contributed by atoms with Gasteiger partial charge in [0.15, 0.2) is 0 Å². The molecule has 0 fully saturated rings.